The number of methoxy groups -OCH3 is 1. The van der Waals surface area contributed by atoms with Crippen molar-refractivity contribution in [2.75, 3.05) is 13.7 Å². The number of rotatable bonds is 6. The molecule has 1 rings (SSSR count). The first-order valence-corrected chi connectivity index (χ1v) is 5.97. The molecule has 0 heterocycles. The van der Waals surface area contributed by atoms with Gasteiger partial charge in [-0.2, -0.15) is 0 Å². The van der Waals surface area contributed by atoms with Crippen molar-refractivity contribution in [3.8, 4) is 5.75 Å². The van der Waals surface area contributed by atoms with Crippen molar-refractivity contribution < 1.29 is 27.4 Å². The smallest absolute Gasteiger partial charge is 0.469 e. The van der Waals surface area contributed by atoms with Gasteiger partial charge in [0.1, 0.15) is 5.75 Å². The fourth-order valence-corrected chi connectivity index (χ4v) is 1.57. The Bertz CT molecular complexity index is 431. The number of esters is 1. The van der Waals surface area contributed by atoms with E-state index in [4.69, 9.17) is 0 Å². The summed E-state index contributed by atoms with van der Waals surface area (Å²) in [5.74, 6) is -0.582. The van der Waals surface area contributed by atoms with Gasteiger partial charge in [-0.05, 0) is 24.6 Å². The van der Waals surface area contributed by atoms with E-state index in [-0.39, 0.29) is 24.2 Å². The molecule has 0 aromatic heterocycles. The summed E-state index contributed by atoms with van der Waals surface area (Å²) >= 11 is 0. The molecule has 112 valence electrons. The summed E-state index contributed by atoms with van der Waals surface area (Å²) in [5, 5.41) is 3.07. The van der Waals surface area contributed by atoms with E-state index in [1.165, 1.54) is 31.4 Å². The van der Waals surface area contributed by atoms with Crippen LogP contribution in [0, 0.1) is 0 Å². The van der Waals surface area contributed by atoms with Crippen LogP contribution in [0.1, 0.15) is 24.9 Å². The highest BCUT2D eigenvalue weighted by Crippen LogP contribution is 2.24. The van der Waals surface area contributed by atoms with Crippen LogP contribution in [0.25, 0.3) is 0 Å². The molecule has 0 fully saturated rings. The van der Waals surface area contributed by atoms with Gasteiger partial charge >= 0.3 is 12.3 Å². The minimum atomic E-state index is -4.69. The van der Waals surface area contributed by atoms with Crippen LogP contribution in [0.5, 0.6) is 5.75 Å². The number of hydrogen-bond donors (Lipinski definition) is 1. The quantitative estimate of drug-likeness (QED) is 0.819. The van der Waals surface area contributed by atoms with E-state index in [1.54, 1.807) is 0 Å². The van der Waals surface area contributed by atoms with Gasteiger partial charge in [-0.1, -0.05) is 12.1 Å². The SMILES string of the molecule is COC(=O)CCNC(C)c1ccc(OC(F)(F)F)cc1. The molecule has 0 aliphatic heterocycles. The molecule has 0 saturated heterocycles. The lowest BCUT2D eigenvalue weighted by molar-refractivity contribution is -0.274. The first-order valence-electron chi connectivity index (χ1n) is 5.97. The molecule has 4 nitrogen and oxygen atoms in total. The lowest BCUT2D eigenvalue weighted by Crippen LogP contribution is -2.22. The Morgan fingerprint density at radius 3 is 2.40 bits per heavy atom. The second-order valence-corrected chi connectivity index (χ2v) is 4.12. The Morgan fingerprint density at radius 1 is 1.30 bits per heavy atom. The number of benzene rings is 1. The van der Waals surface area contributed by atoms with Gasteiger partial charge in [0.15, 0.2) is 0 Å². The maximum atomic E-state index is 12.0. The fourth-order valence-electron chi connectivity index (χ4n) is 1.57. The largest absolute Gasteiger partial charge is 0.573 e. The molecule has 0 bridgehead atoms. The van der Waals surface area contributed by atoms with Crippen LogP contribution < -0.4 is 10.1 Å². The highest BCUT2D eigenvalue weighted by molar-refractivity contribution is 5.69. The predicted octanol–water partition coefficient (Wildman–Crippen LogP) is 2.80. The Hall–Kier alpha value is -1.76. The van der Waals surface area contributed by atoms with Crippen molar-refractivity contribution in [1.29, 1.82) is 0 Å². The minimum absolute atomic E-state index is 0.0976. The zero-order valence-corrected chi connectivity index (χ0v) is 11.2. The number of alkyl halides is 3. The Balaban J connectivity index is 2.49. The average molecular weight is 291 g/mol. The summed E-state index contributed by atoms with van der Waals surface area (Å²) in [5.41, 5.74) is 0.796. The number of halogens is 3. The van der Waals surface area contributed by atoms with E-state index in [0.29, 0.717) is 6.54 Å². The zero-order chi connectivity index (χ0) is 15.2. The molecule has 0 amide bonds. The summed E-state index contributed by atoms with van der Waals surface area (Å²) in [7, 11) is 1.31. The Kier molecular flexibility index (Phi) is 5.82. The Labute approximate surface area is 114 Å². The molecule has 0 aliphatic rings. The predicted molar refractivity (Wildman–Crippen MR) is 66.2 cm³/mol. The van der Waals surface area contributed by atoms with Gasteiger partial charge in [0.2, 0.25) is 0 Å². The van der Waals surface area contributed by atoms with Crippen LogP contribution in [0.3, 0.4) is 0 Å². The average Bonchev–Trinajstić information content (AvgIpc) is 2.37. The maximum absolute atomic E-state index is 12.0. The standard InChI is InChI=1S/C13H16F3NO3/c1-9(17-8-7-12(18)19-2)10-3-5-11(6-4-10)20-13(14,15)16/h3-6,9,17H,7-8H2,1-2H3. The van der Waals surface area contributed by atoms with Crippen molar-refractivity contribution in [3.05, 3.63) is 29.8 Å². The lowest BCUT2D eigenvalue weighted by atomic mass is 10.1. The summed E-state index contributed by atoms with van der Waals surface area (Å²) in [4.78, 5) is 10.9. The molecule has 1 aromatic carbocycles. The van der Waals surface area contributed by atoms with Gasteiger partial charge in [-0.3, -0.25) is 4.79 Å². The van der Waals surface area contributed by atoms with Crippen LogP contribution in [0.2, 0.25) is 0 Å². The molecular formula is C13H16F3NO3. The van der Waals surface area contributed by atoms with Gasteiger partial charge in [-0.15, -0.1) is 13.2 Å². The first-order chi connectivity index (χ1) is 9.31. The van der Waals surface area contributed by atoms with Gasteiger partial charge in [0.25, 0.3) is 0 Å². The Morgan fingerprint density at radius 2 is 1.90 bits per heavy atom. The molecule has 0 spiro atoms. The molecular weight excluding hydrogens is 275 g/mol. The first kappa shape index (κ1) is 16.3. The van der Waals surface area contributed by atoms with Gasteiger partial charge in [0.05, 0.1) is 13.5 Å². The zero-order valence-electron chi connectivity index (χ0n) is 11.2. The fraction of sp³-hybridized carbons (Fsp3) is 0.462. The molecule has 1 unspecified atom stereocenters. The van der Waals surface area contributed by atoms with Crippen LogP contribution in [0.15, 0.2) is 24.3 Å². The van der Waals surface area contributed by atoms with E-state index in [9.17, 15) is 18.0 Å². The molecule has 1 aromatic rings. The second-order valence-electron chi connectivity index (χ2n) is 4.12. The summed E-state index contributed by atoms with van der Waals surface area (Å²) in [6.45, 7) is 2.27. The van der Waals surface area contributed by atoms with E-state index in [1.807, 2.05) is 6.92 Å². The number of carbonyl (C=O) groups is 1. The summed E-state index contributed by atoms with van der Waals surface area (Å²) in [6, 6.07) is 5.48. The number of ether oxygens (including phenoxy) is 2. The highest BCUT2D eigenvalue weighted by Gasteiger charge is 2.30. The van der Waals surface area contributed by atoms with Gasteiger partial charge in [0, 0.05) is 12.6 Å². The molecule has 7 heteroatoms. The third kappa shape index (κ3) is 5.92. The van der Waals surface area contributed by atoms with Crippen LogP contribution in [0.4, 0.5) is 13.2 Å². The van der Waals surface area contributed by atoms with E-state index in [2.05, 4.69) is 14.8 Å². The second kappa shape index (κ2) is 7.14. The third-order valence-corrected chi connectivity index (χ3v) is 2.62. The van der Waals surface area contributed by atoms with Crippen molar-refractivity contribution in [1.82, 2.24) is 5.32 Å². The van der Waals surface area contributed by atoms with Crippen LogP contribution >= 0.6 is 0 Å². The van der Waals surface area contributed by atoms with Crippen molar-refractivity contribution >= 4 is 5.97 Å². The van der Waals surface area contributed by atoms with E-state index >= 15 is 0 Å². The lowest BCUT2D eigenvalue weighted by Gasteiger charge is -2.15. The number of hydrogen-bond acceptors (Lipinski definition) is 4. The van der Waals surface area contributed by atoms with E-state index in [0.717, 1.165) is 5.56 Å². The monoisotopic (exact) mass is 291 g/mol. The summed E-state index contributed by atoms with van der Waals surface area (Å²) in [6.07, 6.45) is -4.46. The maximum Gasteiger partial charge on any atom is 0.573 e. The van der Waals surface area contributed by atoms with Crippen LogP contribution in [-0.2, 0) is 9.53 Å². The summed E-state index contributed by atoms with van der Waals surface area (Å²) < 4.78 is 44.3. The van der Waals surface area contributed by atoms with Crippen molar-refractivity contribution in [2.24, 2.45) is 0 Å². The number of carbonyl (C=O) groups excluding carboxylic acids is 1. The molecule has 20 heavy (non-hydrogen) atoms. The van der Waals surface area contributed by atoms with Crippen molar-refractivity contribution in [2.45, 2.75) is 25.7 Å². The highest BCUT2D eigenvalue weighted by atomic mass is 19.4. The topological polar surface area (TPSA) is 47.6 Å². The minimum Gasteiger partial charge on any atom is -0.469 e. The van der Waals surface area contributed by atoms with Crippen LogP contribution in [-0.4, -0.2) is 26.0 Å². The molecule has 1 N–H and O–H groups in total. The van der Waals surface area contributed by atoms with E-state index < -0.39 is 6.36 Å². The van der Waals surface area contributed by atoms with Gasteiger partial charge in [-0.25, -0.2) is 0 Å². The van der Waals surface area contributed by atoms with Crippen molar-refractivity contribution in [3.63, 3.8) is 0 Å². The van der Waals surface area contributed by atoms with Gasteiger partial charge < -0.3 is 14.8 Å². The number of nitrogens with one attached hydrogen (secondary N) is 1. The normalized spacial score (nSPS) is 12.8. The molecule has 1 atom stereocenters. The third-order valence-electron chi connectivity index (χ3n) is 2.62. The molecule has 0 saturated carbocycles. The molecule has 0 aliphatic carbocycles. The molecule has 0 radical (unpaired) electrons.